The number of ether oxygens (including phenoxy) is 2. The summed E-state index contributed by atoms with van der Waals surface area (Å²) in [6.07, 6.45) is 0.648. The largest absolute Gasteiger partial charge is 0.508 e. The molecule has 2 N–H and O–H groups in total. The molecule has 0 amide bonds. The second kappa shape index (κ2) is 4.97. The standard InChI is InChI=1S/C14H14O6/c1-8-3-10(15)5-11(4-8)19-12(16)7-14(18)6-9(2)13(17)20-14/h3-6,15,18H,7H2,1-2H3. The van der Waals surface area contributed by atoms with Gasteiger partial charge in [-0.25, -0.2) is 4.79 Å². The number of aromatic hydroxyl groups is 1. The maximum Gasteiger partial charge on any atom is 0.336 e. The number of hydrogen-bond acceptors (Lipinski definition) is 6. The molecule has 1 unspecified atom stereocenters. The monoisotopic (exact) mass is 278 g/mol. The Morgan fingerprint density at radius 1 is 1.35 bits per heavy atom. The minimum Gasteiger partial charge on any atom is -0.508 e. The van der Waals surface area contributed by atoms with Crippen LogP contribution in [-0.4, -0.2) is 27.9 Å². The van der Waals surface area contributed by atoms with E-state index in [1.807, 2.05) is 0 Å². The summed E-state index contributed by atoms with van der Waals surface area (Å²) in [5.41, 5.74) is 0.947. The molecule has 0 fully saturated rings. The van der Waals surface area contributed by atoms with Crippen LogP contribution in [0.25, 0.3) is 0 Å². The van der Waals surface area contributed by atoms with Gasteiger partial charge in [0.25, 0.3) is 0 Å². The lowest BCUT2D eigenvalue weighted by Crippen LogP contribution is -2.32. The fraction of sp³-hybridized carbons (Fsp3) is 0.286. The van der Waals surface area contributed by atoms with E-state index < -0.39 is 24.1 Å². The predicted molar refractivity (Wildman–Crippen MR) is 67.9 cm³/mol. The van der Waals surface area contributed by atoms with Gasteiger partial charge in [0, 0.05) is 11.6 Å². The van der Waals surface area contributed by atoms with E-state index in [4.69, 9.17) is 9.47 Å². The van der Waals surface area contributed by atoms with Crippen LogP contribution in [0.2, 0.25) is 0 Å². The van der Waals surface area contributed by atoms with Crippen molar-refractivity contribution in [1.29, 1.82) is 0 Å². The lowest BCUT2D eigenvalue weighted by Gasteiger charge is -2.18. The van der Waals surface area contributed by atoms with Gasteiger partial charge in [0.2, 0.25) is 5.79 Å². The molecule has 0 saturated heterocycles. The molecule has 0 bridgehead atoms. The number of aryl methyl sites for hydroxylation is 1. The van der Waals surface area contributed by atoms with Gasteiger partial charge >= 0.3 is 11.9 Å². The normalized spacial score (nSPS) is 21.4. The Balaban J connectivity index is 2.05. The number of carbonyl (C=O) groups excluding carboxylic acids is 2. The van der Waals surface area contributed by atoms with Crippen LogP contribution in [0, 0.1) is 6.92 Å². The molecule has 6 heteroatoms. The van der Waals surface area contributed by atoms with Crippen molar-refractivity contribution in [2.45, 2.75) is 26.1 Å². The molecular weight excluding hydrogens is 264 g/mol. The Morgan fingerprint density at radius 3 is 2.60 bits per heavy atom. The molecule has 1 aliphatic rings. The second-order valence-electron chi connectivity index (χ2n) is 4.72. The van der Waals surface area contributed by atoms with E-state index in [0.717, 1.165) is 5.56 Å². The maximum absolute atomic E-state index is 11.7. The average Bonchev–Trinajstić information content (AvgIpc) is 2.49. The smallest absolute Gasteiger partial charge is 0.336 e. The van der Waals surface area contributed by atoms with E-state index in [2.05, 4.69) is 0 Å². The number of carbonyl (C=O) groups is 2. The lowest BCUT2D eigenvalue weighted by molar-refractivity contribution is -0.184. The van der Waals surface area contributed by atoms with E-state index >= 15 is 0 Å². The first kappa shape index (κ1) is 14.1. The van der Waals surface area contributed by atoms with Gasteiger partial charge in [-0.1, -0.05) is 0 Å². The number of phenols is 1. The van der Waals surface area contributed by atoms with Crippen LogP contribution in [0.4, 0.5) is 0 Å². The molecule has 1 atom stereocenters. The van der Waals surface area contributed by atoms with E-state index in [1.54, 1.807) is 13.0 Å². The molecule has 0 aliphatic carbocycles. The van der Waals surface area contributed by atoms with Crippen LogP contribution in [0.5, 0.6) is 11.5 Å². The third-order valence-electron chi connectivity index (χ3n) is 2.70. The van der Waals surface area contributed by atoms with Crippen molar-refractivity contribution >= 4 is 11.9 Å². The zero-order valence-corrected chi connectivity index (χ0v) is 11.0. The molecule has 0 radical (unpaired) electrons. The Hall–Kier alpha value is -2.34. The maximum atomic E-state index is 11.7. The molecule has 20 heavy (non-hydrogen) atoms. The SMILES string of the molecule is CC1=CC(O)(CC(=O)Oc2cc(C)cc(O)c2)OC1=O. The molecule has 2 rings (SSSR count). The molecule has 0 saturated carbocycles. The van der Waals surface area contributed by atoms with Gasteiger partial charge < -0.3 is 19.7 Å². The van der Waals surface area contributed by atoms with Gasteiger partial charge in [-0.3, -0.25) is 4.79 Å². The van der Waals surface area contributed by atoms with Gasteiger partial charge in [-0.15, -0.1) is 0 Å². The van der Waals surface area contributed by atoms with Crippen LogP contribution in [0.3, 0.4) is 0 Å². The average molecular weight is 278 g/mol. The fourth-order valence-electron chi connectivity index (χ4n) is 1.92. The number of esters is 2. The third-order valence-corrected chi connectivity index (χ3v) is 2.70. The summed E-state index contributed by atoms with van der Waals surface area (Å²) in [7, 11) is 0. The van der Waals surface area contributed by atoms with Crippen LogP contribution >= 0.6 is 0 Å². The molecule has 1 heterocycles. The molecule has 106 valence electrons. The predicted octanol–water partition coefficient (Wildman–Crippen LogP) is 1.19. The molecule has 0 aromatic heterocycles. The third kappa shape index (κ3) is 3.16. The highest BCUT2D eigenvalue weighted by Gasteiger charge is 2.39. The van der Waals surface area contributed by atoms with Crippen LogP contribution in [0.15, 0.2) is 29.8 Å². The summed E-state index contributed by atoms with van der Waals surface area (Å²) in [5.74, 6) is -3.30. The van der Waals surface area contributed by atoms with Crippen molar-refractivity contribution < 1.29 is 29.3 Å². The molecule has 0 spiro atoms. The molecule has 1 aromatic rings. The van der Waals surface area contributed by atoms with E-state index in [0.29, 0.717) is 0 Å². The summed E-state index contributed by atoms with van der Waals surface area (Å²) >= 11 is 0. The van der Waals surface area contributed by atoms with Gasteiger partial charge in [0.1, 0.15) is 17.9 Å². The number of phenolic OH excluding ortho intramolecular Hbond substituents is 1. The van der Waals surface area contributed by atoms with E-state index in [1.165, 1.54) is 25.1 Å². The summed E-state index contributed by atoms with van der Waals surface area (Å²) in [6.45, 7) is 3.21. The first-order valence-corrected chi connectivity index (χ1v) is 5.94. The highest BCUT2D eigenvalue weighted by molar-refractivity contribution is 5.91. The Bertz CT molecular complexity index is 583. The molecule has 6 nitrogen and oxygen atoms in total. The minimum atomic E-state index is -1.97. The van der Waals surface area contributed by atoms with Crippen molar-refractivity contribution in [3.8, 4) is 11.5 Å². The number of benzene rings is 1. The quantitative estimate of drug-likeness (QED) is 0.637. The van der Waals surface area contributed by atoms with Crippen molar-refractivity contribution in [2.24, 2.45) is 0 Å². The number of hydrogen-bond donors (Lipinski definition) is 2. The topological polar surface area (TPSA) is 93.1 Å². The van der Waals surface area contributed by atoms with Crippen molar-refractivity contribution in [2.75, 3.05) is 0 Å². The zero-order chi connectivity index (χ0) is 14.9. The lowest BCUT2D eigenvalue weighted by atomic mass is 10.1. The molecule has 1 aromatic carbocycles. The summed E-state index contributed by atoms with van der Waals surface area (Å²) in [4.78, 5) is 22.9. The number of rotatable bonds is 3. The van der Waals surface area contributed by atoms with Gasteiger partial charge in [0.15, 0.2) is 0 Å². The van der Waals surface area contributed by atoms with Crippen molar-refractivity contribution in [3.63, 3.8) is 0 Å². The van der Waals surface area contributed by atoms with Gasteiger partial charge in [0.05, 0.1) is 0 Å². The van der Waals surface area contributed by atoms with Crippen LogP contribution < -0.4 is 4.74 Å². The Morgan fingerprint density at radius 2 is 2.05 bits per heavy atom. The first-order valence-electron chi connectivity index (χ1n) is 5.94. The number of aliphatic hydroxyl groups is 1. The highest BCUT2D eigenvalue weighted by Crippen LogP contribution is 2.27. The number of cyclic esters (lactones) is 1. The highest BCUT2D eigenvalue weighted by atomic mass is 16.7. The zero-order valence-electron chi connectivity index (χ0n) is 11.0. The minimum absolute atomic E-state index is 0.0328. The van der Waals surface area contributed by atoms with Gasteiger partial charge in [-0.05, 0) is 37.6 Å². The fourth-order valence-corrected chi connectivity index (χ4v) is 1.92. The Labute approximate surface area is 115 Å². The van der Waals surface area contributed by atoms with Crippen LogP contribution in [-0.2, 0) is 14.3 Å². The summed E-state index contributed by atoms with van der Waals surface area (Å²) < 4.78 is 9.68. The molecular formula is C14H14O6. The van der Waals surface area contributed by atoms with Crippen LogP contribution in [0.1, 0.15) is 18.9 Å². The van der Waals surface area contributed by atoms with Crippen molar-refractivity contribution in [3.05, 3.63) is 35.4 Å². The van der Waals surface area contributed by atoms with Crippen molar-refractivity contribution in [1.82, 2.24) is 0 Å². The molecule has 1 aliphatic heterocycles. The second-order valence-corrected chi connectivity index (χ2v) is 4.72. The van der Waals surface area contributed by atoms with Gasteiger partial charge in [-0.2, -0.15) is 0 Å². The summed E-state index contributed by atoms with van der Waals surface area (Å²) in [5, 5.41) is 19.3. The van der Waals surface area contributed by atoms with E-state index in [9.17, 15) is 19.8 Å². The Kier molecular flexibility index (Phi) is 3.50. The van der Waals surface area contributed by atoms with E-state index in [-0.39, 0.29) is 17.1 Å². The summed E-state index contributed by atoms with van der Waals surface area (Å²) in [6, 6.07) is 4.34. The first-order chi connectivity index (χ1) is 9.27.